The Morgan fingerprint density at radius 2 is 1.37 bits per heavy atom. The third-order valence-electron chi connectivity index (χ3n) is 3.72. The van der Waals surface area contributed by atoms with Gasteiger partial charge in [-0.1, -0.05) is 13.8 Å². The van der Waals surface area contributed by atoms with Gasteiger partial charge >= 0.3 is 5.97 Å². The van der Waals surface area contributed by atoms with Crippen LogP contribution in [0.1, 0.15) is 24.2 Å². The quantitative estimate of drug-likeness (QED) is 0.652. The molecule has 0 saturated heterocycles. The minimum absolute atomic E-state index is 0.0479. The predicted molar refractivity (Wildman–Crippen MR) is 105 cm³/mol. The summed E-state index contributed by atoms with van der Waals surface area (Å²) in [5, 5.41) is 8.55. The van der Waals surface area contributed by atoms with Crippen LogP contribution in [0.3, 0.4) is 0 Å². The third-order valence-corrected chi connectivity index (χ3v) is 3.72. The number of rotatable bonds is 7. The second-order valence-corrected chi connectivity index (χ2v) is 6.19. The van der Waals surface area contributed by atoms with Gasteiger partial charge in [-0.25, -0.2) is 4.79 Å². The summed E-state index contributed by atoms with van der Waals surface area (Å²) in [4.78, 5) is 35.1. The van der Waals surface area contributed by atoms with E-state index in [4.69, 9.17) is 0 Å². The summed E-state index contributed by atoms with van der Waals surface area (Å²) in [5.41, 5.74) is 2.46. The predicted octanol–water partition coefficient (Wildman–Crippen LogP) is 3.12. The van der Waals surface area contributed by atoms with Crippen LogP contribution in [0, 0.1) is 5.92 Å². The zero-order chi connectivity index (χ0) is 19.8. The van der Waals surface area contributed by atoms with Crippen molar-refractivity contribution in [3.63, 3.8) is 0 Å². The Morgan fingerprint density at radius 3 is 1.93 bits per heavy atom. The molecule has 0 bridgehead atoms. The fraction of sp³-hybridized carbons (Fsp3) is 0.250. The normalized spacial score (nSPS) is 10.2. The van der Waals surface area contributed by atoms with Crippen LogP contribution in [0.2, 0.25) is 0 Å². The van der Waals surface area contributed by atoms with E-state index in [0.29, 0.717) is 16.9 Å². The number of nitrogens with one attached hydrogen (secondary N) is 3. The zero-order valence-corrected chi connectivity index (χ0v) is 15.5. The number of carbonyl (C=O) groups excluding carboxylic acids is 3. The van der Waals surface area contributed by atoms with Crippen molar-refractivity contribution in [1.82, 2.24) is 0 Å². The number of esters is 1. The number of ether oxygens (including phenoxy) is 1. The van der Waals surface area contributed by atoms with Gasteiger partial charge in [0.15, 0.2) is 0 Å². The number of benzene rings is 2. The number of hydrogen-bond acceptors (Lipinski definition) is 5. The first-order valence-corrected chi connectivity index (χ1v) is 8.52. The molecule has 3 N–H and O–H groups in total. The van der Waals surface area contributed by atoms with Crippen molar-refractivity contribution in [2.24, 2.45) is 5.92 Å². The maximum absolute atomic E-state index is 12.0. The first kappa shape index (κ1) is 20.0. The second kappa shape index (κ2) is 9.38. The van der Waals surface area contributed by atoms with Crippen LogP contribution < -0.4 is 16.0 Å². The van der Waals surface area contributed by atoms with Crippen LogP contribution in [0.25, 0.3) is 0 Å². The Kier molecular flexibility index (Phi) is 6.93. The molecule has 2 rings (SSSR count). The Bertz CT molecular complexity index is 799. The van der Waals surface area contributed by atoms with Gasteiger partial charge in [0.25, 0.3) is 0 Å². The highest BCUT2D eigenvalue weighted by atomic mass is 16.5. The molecule has 0 aromatic heterocycles. The molecule has 2 aromatic rings. The summed E-state index contributed by atoms with van der Waals surface area (Å²) in [6.45, 7) is 3.73. The van der Waals surface area contributed by atoms with Crippen molar-refractivity contribution in [3.8, 4) is 0 Å². The van der Waals surface area contributed by atoms with Crippen molar-refractivity contribution in [2.45, 2.75) is 13.8 Å². The van der Waals surface area contributed by atoms with Gasteiger partial charge in [-0.05, 0) is 48.5 Å². The lowest BCUT2D eigenvalue weighted by Crippen LogP contribution is -2.21. The average molecular weight is 369 g/mol. The standard InChI is InChI=1S/C20H23N3O4/c1-13(2)19(25)23-17-10-8-15(9-11-17)21-12-18(24)22-16-6-4-14(5-7-16)20(26)27-3/h4-11,13,21H,12H2,1-3H3,(H,22,24)(H,23,25). The molecule has 2 aromatic carbocycles. The smallest absolute Gasteiger partial charge is 0.337 e. The van der Waals surface area contributed by atoms with E-state index in [1.165, 1.54) is 7.11 Å². The van der Waals surface area contributed by atoms with E-state index >= 15 is 0 Å². The molecule has 7 nitrogen and oxygen atoms in total. The molecule has 0 aliphatic heterocycles. The summed E-state index contributed by atoms with van der Waals surface area (Å²) >= 11 is 0. The summed E-state index contributed by atoms with van der Waals surface area (Å²) < 4.78 is 4.63. The van der Waals surface area contributed by atoms with E-state index in [1.807, 2.05) is 13.8 Å². The van der Waals surface area contributed by atoms with Crippen LogP contribution in [-0.4, -0.2) is 31.4 Å². The lowest BCUT2D eigenvalue weighted by atomic mass is 10.2. The molecule has 0 heterocycles. The van der Waals surface area contributed by atoms with Crippen LogP contribution in [0.15, 0.2) is 48.5 Å². The Balaban J connectivity index is 1.83. The lowest BCUT2D eigenvalue weighted by Gasteiger charge is -2.10. The van der Waals surface area contributed by atoms with Gasteiger partial charge in [0.05, 0.1) is 19.2 Å². The molecule has 0 atom stereocenters. The SMILES string of the molecule is COC(=O)c1ccc(NC(=O)CNc2ccc(NC(=O)C(C)C)cc2)cc1. The molecule has 7 heteroatoms. The van der Waals surface area contributed by atoms with Gasteiger partial charge in [0, 0.05) is 23.0 Å². The molecule has 0 unspecified atom stereocenters. The van der Waals surface area contributed by atoms with E-state index in [-0.39, 0.29) is 24.3 Å². The van der Waals surface area contributed by atoms with Gasteiger partial charge in [-0.2, -0.15) is 0 Å². The number of carbonyl (C=O) groups is 3. The minimum atomic E-state index is -0.428. The van der Waals surface area contributed by atoms with E-state index in [2.05, 4.69) is 20.7 Å². The molecule has 0 saturated carbocycles. The van der Waals surface area contributed by atoms with E-state index in [1.54, 1.807) is 48.5 Å². The first-order valence-electron chi connectivity index (χ1n) is 8.52. The van der Waals surface area contributed by atoms with Gasteiger partial charge in [0.1, 0.15) is 0 Å². The van der Waals surface area contributed by atoms with E-state index < -0.39 is 5.97 Å². The van der Waals surface area contributed by atoms with Crippen LogP contribution in [-0.2, 0) is 14.3 Å². The maximum atomic E-state index is 12.0. The molecule has 0 radical (unpaired) electrons. The van der Waals surface area contributed by atoms with Crippen molar-refractivity contribution < 1.29 is 19.1 Å². The van der Waals surface area contributed by atoms with Gasteiger partial charge < -0.3 is 20.7 Å². The Morgan fingerprint density at radius 1 is 0.852 bits per heavy atom. The topological polar surface area (TPSA) is 96.5 Å². The summed E-state index contributed by atoms with van der Waals surface area (Å²) in [6.07, 6.45) is 0. The van der Waals surface area contributed by atoms with Gasteiger partial charge in [-0.3, -0.25) is 9.59 Å². The zero-order valence-electron chi connectivity index (χ0n) is 15.5. The van der Waals surface area contributed by atoms with Gasteiger partial charge in [-0.15, -0.1) is 0 Å². The van der Waals surface area contributed by atoms with Crippen molar-refractivity contribution in [3.05, 3.63) is 54.1 Å². The largest absolute Gasteiger partial charge is 0.465 e. The minimum Gasteiger partial charge on any atom is -0.465 e. The molecular formula is C20H23N3O4. The van der Waals surface area contributed by atoms with E-state index in [0.717, 1.165) is 5.69 Å². The fourth-order valence-corrected chi connectivity index (χ4v) is 2.15. The number of methoxy groups -OCH3 is 1. The molecule has 0 aliphatic rings. The molecule has 0 fully saturated rings. The Hall–Kier alpha value is -3.35. The summed E-state index contributed by atoms with van der Waals surface area (Å²) in [7, 11) is 1.31. The lowest BCUT2D eigenvalue weighted by molar-refractivity contribution is -0.119. The van der Waals surface area contributed by atoms with Crippen LogP contribution >= 0.6 is 0 Å². The second-order valence-electron chi connectivity index (χ2n) is 6.19. The number of hydrogen-bond donors (Lipinski definition) is 3. The highest BCUT2D eigenvalue weighted by Gasteiger charge is 2.08. The molecular weight excluding hydrogens is 346 g/mol. The summed E-state index contributed by atoms with van der Waals surface area (Å²) in [6, 6.07) is 13.5. The first-order chi connectivity index (χ1) is 12.9. The van der Waals surface area contributed by atoms with Crippen molar-refractivity contribution in [2.75, 3.05) is 29.6 Å². The molecule has 27 heavy (non-hydrogen) atoms. The average Bonchev–Trinajstić information content (AvgIpc) is 2.67. The number of amides is 2. The fourth-order valence-electron chi connectivity index (χ4n) is 2.15. The monoisotopic (exact) mass is 369 g/mol. The third kappa shape index (κ3) is 6.14. The van der Waals surface area contributed by atoms with Crippen LogP contribution in [0.5, 0.6) is 0 Å². The Labute approximate surface area is 158 Å². The molecule has 0 aliphatic carbocycles. The van der Waals surface area contributed by atoms with Crippen molar-refractivity contribution >= 4 is 34.8 Å². The maximum Gasteiger partial charge on any atom is 0.337 e. The van der Waals surface area contributed by atoms with Gasteiger partial charge in [0.2, 0.25) is 11.8 Å². The van der Waals surface area contributed by atoms with Crippen LogP contribution in [0.4, 0.5) is 17.1 Å². The highest BCUT2D eigenvalue weighted by molar-refractivity contribution is 5.95. The molecule has 0 spiro atoms. The van der Waals surface area contributed by atoms with E-state index in [9.17, 15) is 14.4 Å². The summed E-state index contributed by atoms with van der Waals surface area (Å²) in [5.74, 6) is -0.790. The highest BCUT2D eigenvalue weighted by Crippen LogP contribution is 2.15. The molecule has 2 amide bonds. The number of anilines is 3. The molecule has 142 valence electrons. The van der Waals surface area contributed by atoms with Crippen molar-refractivity contribution in [1.29, 1.82) is 0 Å².